The molecule has 0 amide bonds. The van der Waals surface area contributed by atoms with Crippen LogP contribution in [0.25, 0.3) is 11.5 Å². The van der Waals surface area contributed by atoms with Gasteiger partial charge in [-0.05, 0) is 55.8 Å². The number of oxazole rings is 1. The number of rotatable bonds is 11. The van der Waals surface area contributed by atoms with Crippen LogP contribution in [0.5, 0.6) is 11.5 Å². The van der Waals surface area contributed by atoms with E-state index < -0.39 is 6.10 Å². The fourth-order valence-electron chi connectivity index (χ4n) is 3.64. The fourth-order valence-corrected chi connectivity index (χ4v) is 3.64. The molecule has 4 aromatic rings. The van der Waals surface area contributed by atoms with Crippen LogP contribution in [0.2, 0.25) is 0 Å². The Bertz CT molecular complexity index is 1200. The largest absolute Gasteiger partial charge is 0.493 e. The minimum absolute atomic E-state index is 0.304. The van der Waals surface area contributed by atoms with E-state index in [4.69, 9.17) is 18.6 Å². The first-order valence-electron chi connectivity index (χ1n) is 11.7. The zero-order valence-corrected chi connectivity index (χ0v) is 20.0. The summed E-state index contributed by atoms with van der Waals surface area (Å²) < 4.78 is 22.9. The third-order valence-electron chi connectivity index (χ3n) is 5.44. The van der Waals surface area contributed by atoms with Crippen molar-refractivity contribution in [2.45, 2.75) is 32.8 Å². The van der Waals surface area contributed by atoms with Gasteiger partial charge in [0.1, 0.15) is 17.3 Å². The normalized spacial score (nSPS) is 11.6. The minimum atomic E-state index is -0.724. The molecular weight excluding hydrogens is 442 g/mol. The summed E-state index contributed by atoms with van der Waals surface area (Å²) in [6, 6.07) is 26.8. The van der Waals surface area contributed by atoms with E-state index in [0.717, 1.165) is 22.6 Å². The third-order valence-corrected chi connectivity index (χ3v) is 5.44. The number of hydrogen-bond acceptors (Lipinski definition) is 6. The van der Waals surface area contributed by atoms with Crippen molar-refractivity contribution in [2.75, 3.05) is 13.2 Å². The van der Waals surface area contributed by atoms with Gasteiger partial charge in [-0.2, -0.15) is 0 Å². The number of ether oxygens (including phenoxy) is 3. The molecule has 0 aliphatic carbocycles. The first-order valence-corrected chi connectivity index (χ1v) is 11.7. The van der Waals surface area contributed by atoms with E-state index in [1.165, 1.54) is 0 Å². The molecule has 0 N–H and O–H groups in total. The predicted octanol–water partition coefficient (Wildman–Crippen LogP) is 5.82. The maximum absolute atomic E-state index is 12.4. The van der Waals surface area contributed by atoms with E-state index in [0.29, 0.717) is 43.4 Å². The van der Waals surface area contributed by atoms with Crippen molar-refractivity contribution in [1.82, 2.24) is 4.98 Å². The van der Waals surface area contributed by atoms with Gasteiger partial charge in [0, 0.05) is 18.4 Å². The molecule has 180 valence electrons. The molecule has 3 aromatic carbocycles. The molecule has 35 heavy (non-hydrogen) atoms. The van der Waals surface area contributed by atoms with Crippen molar-refractivity contribution >= 4 is 5.97 Å². The SMILES string of the molecule is CCOC(=O)C(Cc1ccccc1)Oc1ccc(OCCc2nc(-c3ccccc3)oc2C)cc1. The van der Waals surface area contributed by atoms with Gasteiger partial charge in [-0.3, -0.25) is 0 Å². The number of carbonyl (C=O) groups excluding carboxylic acids is 1. The van der Waals surface area contributed by atoms with Gasteiger partial charge >= 0.3 is 5.97 Å². The number of nitrogens with zero attached hydrogens (tertiary/aromatic N) is 1. The van der Waals surface area contributed by atoms with Crippen LogP contribution in [0.3, 0.4) is 0 Å². The van der Waals surface area contributed by atoms with E-state index in [2.05, 4.69) is 4.98 Å². The van der Waals surface area contributed by atoms with Crippen LogP contribution in [0.15, 0.2) is 89.3 Å². The van der Waals surface area contributed by atoms with E-state index in [1.54, 1.807) is 19.1 Å². The minimum Gasteiger partial charge on any atom is -0.493 e. The second-order valence-electron chi connectivity index (χ2n) is 8.01. The number of carbonyl (C=O) groups is 1. The Balaban J connectivity index is 1.33. The summed E-state index contributed by atoms with van der Waals surface area (Å²) in [6.45, 7) is 4.46. The van der Waals surface area contributed by atoms with Crippen LogP contribution < -0.4 is 9.47 Å². The van der Waals surface area contributed by atoms with Crippen molar-refractivity contribution < 1.29 is 23.4 Å². The summed E-state index contributed by atoms with van der Waals surface area (Å²) in [7, 11) is 0. The van der Waals surface area contributed by atoms with Gasteiger partial charge < -0.3 is 18.6 Å². The monoisotopic (exact) mass is 471 g/mol. The Hall–Kier alpha value is -4.06. The summed E-state index contributed by atoms with van der Waals surface area (Å²) in [5.41, 5.74) is 2.83. The molecule has 0 saturated carbocycles. The molecule has 0 bridgehead atoms. The molecule has 0 aliphatic heterocycles. The molecule has 6 nitrogen and oxygen atoms in total. The highest BCUT2D eigenvalue weighted by atomic mass is 16.6. The number of benzene rings is 3. The van der Waals surface area contributed by atoms with Crippen LogP contribution in [0, 0.1) is 6.92 Å². The Kier molecular flexibility index (Phi) is 8.17. The number of aryl methyl sites for hydroxylation is 1. The lowest BCUT2D eigenvalue weighted by atomic mass is 10.1. The first kappa shape index (κ1) is 24.1. The Morgan fingerprint density at radius 2 is 1.57 bits per heavy atom. The Morgan fingerprint density at radius 3 is 2.26 bits per heavy atom. The highest BCUT2D eigenvalue weighted by molar-refractivity contribution is 5.75. The van der Waals surface area contributed by atoms with Gasteiger partial charge in [0.05, 0.1) is 18.9 Å². The van der Waals surface area contributed by atoms with Crippen LogP contribution in [0.4, 0.5) is 0 Å². The highest BCUT2D eigenvalue weighted by Gasteiger charge is 2.22. The smallest absolute Gasteiger partial charge is 0.347 e. The molecule has 0 aliphatic rings. The lowest BCUT2D eigenvalue weighted by Gasteiger charge is -2.18. The molecule has 1 aromatic heterocycles. The molecule has 1 unspecified atom stereocenters. The molecule has 1 heterocycles. The van der Waals surface area contributed by atoms with Crippen molar-refractivity contribution in [3.8, 4) is 23.0 Å². The topological polar surface area (TPSA) is 70.8 Å². The highest BCUT2D eigenvalue weighted by Crippen LogP contribution is 2.23. The molecule has 4 rings (SSSR count). The maximum Gasteiger partial charge on any atom is 0.347 e. The molecule has 6 heteroatoms. The lowest BCUT2D eigenvalue weighted by molar-refractivity contribution is -0.151. The molecule has 0 saturated heterocycles. The molecule has 1 atom stereocenters. The summed E-state index contributed by atoms with van der Waals surface area (Å²) in [6.07, 6.45) is 0.334. The van der Waals surface area contributed by atoms with E-state index >= 15 is 0 Å². The van der Waals surface area contributed by atoms with Crippen molar-refractivity contribution in [2.24, 2.45) is 0 Å². The zero-order valence-electron chi connectivity index (χ0n) is 20.0. The average Bonchev–Trinajstić information content (AvgIpc) is 3.26. The third kappa shape index (κ3) is 6.73. The Labute approximate surface area is 205 Å². The van der Waals surface area contributed by atoms with Gasteiger partial charge in [0.25, 0.3) is 0 Å². The molecular formula is C29H29NO5. The molecule has 0 fully saturated rings. The van der Waals surface area contributed by atoms with Crippen LogP contribution in [0.1, 0.15) is 23.9 Å². The fraction of sp³-hybridized carbons (Fsp3) is 0.241. The van der Waals surface area contributed by atoms with Crippen molar-refractivity contribution in [3.63, 3.8) is 0 Å². The summed E-state index contributed by atoms with van der Waals surface area (Å²) >= 11 is 0. The predicted molar refractivity (Wildman–Crippen MR) is 134 cm³/mol. The van der Waals surface area contributed by atoms with Gasteiger partial charge in [-0.15, -0.1) is 0 Å². The number of esters is 1. The van der Waals surface area contributed by atoms with Crippen molar-refractivity contribution in [1.29, 1.82) is 0 Å². The molecule has 0 radical (unpaired) electrons. The maximum atomic E-state index is 12.4. The second-order valence-corrected chi connectivity index (χ2v) is 8.01. The van der Waals surface area contributed by atoms with Crippen molar-refractivity contribution in [3.05, 3.63) is 102 Å². The standard InChI is InChI=1S/C29H29NO5/c1-3-32-29(31)27(20-22-10-6-4-7-11-22)35-25-16-14-24(15-17-25)33-19-18-26-21(2)34-28(30-26)23-12-8-5-9-13-23/h4-17,27H,3,18-20H2,1-2H3. The van der Waals surface area contributed by atoms with Gasteiger partial charge in [-0.25, -0.2) is 9.78 Å². The summed E-state index contributed by atoms with van der Waals surface area (Å²) in [5, 5.41) is 0. The lowest BCUT2D eigenvalue weighted by Crippen LogP contribution is -2.31. The van der Waals surface area contributed by atoms with Gasteiger partial charge in [0.15, 0.2) is 6.10 Å². The second kappa shape index (κ2) is 11.9. The van der Waals surface area contributed by atoms with Gasteiger partial charge in [-0.1, -0.05) is 48.5 Å². The summed E-state index contributed by atoms with van der Waals surface area (Å²) in [5.74, 6) is 2.31. The van der Waals surface area contributed by atoms with E-state index in [1.807, 2.05) is 79.7 Å². The number of hydrogen-bond donors (Lipinski definition) is 0. The summed E-state index contributed by atoms with van der Waals surface area (Å²) in [4.78, 5) is 17.0. The average molecular weight is 472 g/mol. The zero-order chi connectivity index (χ0) is 24.5. The van der Waals surface area contributed by atoms with Gasteiger partial charge in [0.2, 0.25) is 5.89 Å². The van der Waals surface area contributed by atoms with Crippen LogP contribution >= 0.6 is 0 Å². The quantitative estimate of drug-likeness (QED) is 0.257. The Morgan fingerprint density at radius 1 is 0.914 bits per heavy atom. The number of aromatic nitrogens is 1. The van der Waals surface area contributed by atoms with E-state index in [-0.39, 0.29) is 5.97 Å². The molecule has 0 spiro atoms. The van der Waals surface area contributed by atoms with Crippen LogP contribution in [-0.4, -0.2) is 30.3 Å². The van der Waals surface area contributed by atoms with Crippen LogP contribution in [-0.2, 0) is 22.4 Å². The first-order chi connectivity index (χ1) is 17.1. The van der Waals surface area contributed by atoms with E-state index in [9.17, 15) is 4.79 Å².